The molecule has 0 aliphatic rings. The molecule has 100 valence electrons. The van der Waals surface area contributed by atoms with Crippen LogP contribution in [0.25, 0.3) is 0 Å². The molecule has 19 heavy (non-hydrogen) atoms. The molecule has 2 heteroatoms. The number of aryl methyl sites for hydroxylation is 1. The van der Waals surface area contributed by atoms with E-state index in [4.69, 9.17) is 4.74 Å². The van der Waals surface area contributed by atoms with Crippen molar-refractivity contribution in [2.45, 2.75) is 43.1 Å². The van der Waals surface area contributed by atoms with Gasteiger partial charge in [-0.3, -0.25) is 0 Å². The highest BCUT2D eigenvalue weighted by Gasteiger charge is 2.11. The molecular weight excluding hydrogens is 252 g/mol. The molecule has 0 atom stereocenters. The van der Waals surface area contributed by atoms with Gasteiger partial charge in [0.1, 0.15) is 11.4 Å². The van der Waals surface area contributed by atoms with E-state index in [1.54, 1.807) is 11.8 Å². The summed E-state index contributed by atoms with van der Waals surface area (Å²) in [6, 6.07) is 16.8. The molecule has 1 nitrogen and oxygen atoms in total. The first-order valence-corrected chi connectivity index (χ1v) is 7.28. The lowest BCUT2D eigenvalue weighted by Crippen LogP contribution is -2.22. The van der Waals surface area contributed by atoms with Crippen molar-refractivity contribution in [1.82, 2.24) is 0 Å². The summed E-state index contributed by atoms with van der Waals surface area (Å²) in [5.41, 5.74) is 1.14. The van der Waals surface area contributed by atoms with E-state index in [1.165, 1.54) is 15.4 Å². The fourth-order valence-corrected chi connectivity index (χ4v) is 2.49. The molecule has 0 heterocycles. The minimum atomic E-state index is -0.147. The maximum atomic E-state index is 5.81. The van der Waals surface area contributed by atoms with Gasteiger partial charge >= 0.3 is 0 Å². The predicted molar refractivity (Wildman–Crippen MR) is 82.1 cm³/mol. The molecular formula is C17H20OS. The second kappa shape index (κ2) is 5.70. The van der Waals surface area contributed by atoms with Gasteiger partial charge in [-0.15, -0.1) is 0 Å². The molecule has 0 radical (unpaired) electrons. The van der Waals surface area contributed by atoms with Crippen LogP contribution >= 0.6 is 11.8 Å². The molecule has 0 N–H and O–H groups in total. The van der Waals surface area contributed by atoms with Crippen LogP contribution in [-0.2, 0) is 0 Å². The lowest BCUT2D eigenvalue weighted by molar-refractivity contribution is 0.131. The summed E-state index contributed by atoms with van der Waals surface area (Å²) in [5.74, 6) is 0.917. The molecule has 2 rings (SSSR count). The second-order valence-corrected chi connectivity index (χ2v) is 6.75. The van der Waals surface area contributed by atoms with Crippen molar-refractivity contribution in [3.05, 3.63) is 54.1 Å². The standard InChI is InChI=1S/C17H20OS/c1-13-5-9-15(10-6-13)19-16-11-7-14(8-12-16)18-17(2,3)4/h5-12H,1-4H3. The number of benzene rings is 2. The lowest BCUT2D eigenvalue weighted by atomic mass is 10.2. The Morgan fingerprint density at radius 1 is 0.789 bits per heavy atom. The molecule has 0 saturated heterocycles. The van der Waals surface area contributed by atoms with Gasteiger partial charge in [-0.05, 0) is 64.1 Å². The van der Waals surface area contributed by atoms with Crippen molar-refractivity contribution >= 4 is 11.8 Å². The molecule has 0 spiro atoms. The van der Waals surface area contributed by atoms with Crippen LogP contribution in [-0.4, -0.2) is 5.60 Å². The average Bonchev–Trinajstić information content (AvgIpc) is 2.33. The summed E-state index contributed by atoms with van der Waals surface area (Å²) in [4.78, 5) is 2.49. The van der Waals surface area contributed by atoms with Crippen molar-refractivity contribution in [3.63, 3.8) is 0 Å². The molecule has 0 aromatic heterocycles. The normalized spacial score (nSPS) is 11.4. The Balaban J connectivity index is 2.04. The Labute approximate surface area is 120 Å². The van der Waals surface area contributed by atoms with Crippen molar-refractivity contribution in [2.75, 3.05) is 0 Å². The van der Waals surface area contributed by atoms with Crippen LogP contribution in [0, 0.1) is 6.92 Å². The van der Waals surface area contributed by atoms with Gasteiger partial charge in [-0.1, -0.05) is 29.5 Å². The summed E-state index contributed by atoms with van der Waals surface area (Å²) < 4.78 is 5.81. The van der Waals surface area contributed by atoms with Crippen molar-refractivity contribution in [1.29, 1.82) is 0 Å². The maximum absolute atomic E-state index is 5.81. The van der Waals surface area contributed by atoms with Gasteiger partial charge in [0.2, 0.25) is 0 Å². The summed E-state index contributed by atoms with van der Waals surface area (Å²) in [6.45, 7) is 8.28. The zero-order chi connectivity index (χ0) is 13.9. The van der Waals surface area contributed by atoms with Gasteiger partial charge in [0.25, 0.3) is 0 Å². The SMILES string of the molecule is Cc1ccc(Sc2ccc(OC(C)(C)C)cc2)cc1. The van der Waals surface area contributed by atoms with E-state index >= 15 is 0 Å². The Morgan fingerprint density at radius 3 is 1.74 bits per heavy atom. The Bertz CT molecular complexity index is 521. The van der Waals surface area contributed by atoms with E-state index in [-0.39, 0.29) is 5.60 Å². The lowest BCUT2D eigenvalue weighted by Gasteiger charge is -2.21. The van der Waals surface area contributed by atoms with E-state index in [2.05, 4.69) is 64.1 Å². The third kappa shape index (κ3) is 4.64. The van der Waals surface area contributed by atoms with Crippen molar-refractivity contribution in [2.24, 2.45) is 0 Å². The smallest absolute Gasteiger partial charge is 0.120 e. The highest BCUT2D eigenvalue weighted by molar-refractivity contribution is 7.99. The fraction of sp³-hybridized carbons (Fsp3) is 0.294. The Kier molecular flexibility index (Phi) is 4.20. The summed E-state index contributed by atoms with van der Waals surface area (Å²) in [7, 11) is 0. The number of hydrogen-bond donors (Lipinski definition) is 0. The molecule has 0 saturated carbocycles. The third-order valence-corrected chi connectivity index (χ3v) is 3.52. The first kappa shape index (κ1) is 14.0. The van der Waals surface area contributed by atoms with Crippen LogP contribution in [0.2, 0.25) is 0 Å². The van der Waals surface area contributed by atoms with Crippen LogP contribution in [0.3, 0.4) is 0 Å². The van der Waals surface area contributed by atoms with E-state index in [0.717, 1.165) is 5.75 Å². The van der Waals surface area contributed by atoms with Gasteiger partial charge in [-0.25, -0.2) is 0 Å². The van der Waals surface area contributed by atoms with Crippen LogP contribution < -0.4 is 4.74 Å². The van der Waals surface area contributed by atoms with Crippen molar-refractivity contribution in [3.8, 4) is 5.75 Å². The zero-order valence-electron chi connectivity index (χ0n) is 11.9. The Hall–Kier alpha value is -1.41. The summed E-state index contributed by atoms with van der Waals surface area (Å²) in [6.07, 6.45) is 0. The van der Waals surface area contributed by atoms with Gasteiger partial charge in [0.15, 0.2) is 0 Å². The zero-order valence-corrected chi connectivity index (χ0v) is 12.8. The topological polar surface area (TPSA) is 9.23 Å². The molecule has 0 bridgehead atoms. The van der Waals surface area contributed by atoms with E-state index in [1.807, 2.05) is 12.1 Å². The number of rotatable bonds is 3. The van der Waals surface area contributed by atoms with Crippen molar-refractivity contribution < 1.29 is 4.74 Å². The fourth-order valence-electron chi connectivity index (χ4n) is 1.67. The van der Waals surface area contributed by atoms with Gasteiger partial charge in [-0.2, -0.15) is 0 Å². The number of ether oxygens (including phenoxy) is 1. The Morgan fingerprint density at radius 2 is 1.26 bits per heavy atom. The molecule has 0 amide bonds. The molecule has 0 aliphatic carbocycles. The predicted octanol–water partition coefficient (Wildman–Crippen LogP) is 5.32. The monoisotopic (exact) mass is 272 g/mol. The highest BCUT2D eigenvalue weighted by Crippen LogP contribution is 2.29. The quantitative estimate of drug-likeness (QED) is 0.747. The first-order chi connectivity index (χ1) is 8.92. The third-order valence-electron chi connectivity index (χ3n) is 2.50. The summed E-state index contributed by atoms with van der Waals surface area (Å²) in [5, 5.41) is 0. The van der Waals surface area contributed by atoms with Crippen LogP contribution in [0.15, 0.2) is 58.3 Å². The minimum absolute atomic E-state index is 0.147. The molecule has 0 aliphatic heterocycles. The largest absolute Gasteiger partial charge is 0.488 e. The second-order valence-electron chi connectivity index (χ2n) is 5.60. The first-order valence-electron chi connectivity index (χ1n) is 6.46. The molecule has 2 aromatic carbocycles. The van der Waals surface area contributed by atoms with Crippen LogP contribution in [0.4, 0.5) is 0 Å². The molecule has 0 unspecified atom stereocenters. The average molecular weight is 272 g/mol. The van der Waals surface area contributed by atoms with Gasteiger partial charge in [0, 0.05) is 9.79 Å². The molecule has 2 aromatic rings. The van der Waals surface area contributed by atoms with Gasteiger partial charge < -0.3 is 4.74 Å². The van der Waals surface area contributed by atoms with E-state index < -0.39 is 0 Å². The molecule has 0 fully saturated rings. The van der Waals surface area contributed by atoms with Crippen LogP contribution in [0.1, 0.15) is 26.3 Å². The van der Waals surface area contributed by atoms with Crippen LogP contribution in [0.5, 0.6) is 5.75 Å². The highest BCUT2D eigenvalue weighted by atomic mass is 32.2. The van der Waals surface area contributed by atoms with E-state index in [9.17, 15) is 0 Å². The van der Waals surface area contributed by atoms with E-state index in [0.29, 0.717) is 0 Å². The van der Waals surface area contributed by atoms with Gasteiger partial charge in [0.05, 0.1) is 0 Å². The maximum Gasteiger partial charge on any atom is 0.120 e. The number of hydrogen-bond acceptors (Lipinski definition) is 2. The minimum Gasteiger partial charge on any atom is -0.488 e. The summed E-state index contributed by atoms with van der Waals surface area (Å²) >= 11 is 1.77.